The lowest BCUT2D eigenvalue weighted by molar-refractivity contribution is 0.0563. The van der Waals surface area contributed by atoms with E-state index < -0.39 is 5.97 Å². The van der Waals surface area contributed by atoms with E-state index in [2.05, 4.69) is 10.1 Å². The molecule has 0 bridgehead atoms. The van der Waals surface area contributed by atoms with Gasteiger partial charge in [-0.25, -0.2) is 4.79 Å². The molecule has 1 N–H and O–H groups in total. The van der Waals surface area contributed by atoms with Gasteiger partial charge in [0.2, 0.25) is 5.76 Å². The average molecular weight is 237 g/mol. The Bertz CT molecular complexity index is 461. The Morgan fingerprint density at radius 3 is 3.06 bits per heavy atom. The highest BCUT2D eigenvalue weighted by molar-refractivity contribution is 7.08. The van der Waals surface area contributed by atoms with Crippen LogP contribution in [0.2, 0.25) is 0 Å². The van der Waals surface area contributed by atoms with Crippen LogP contribution in [0.1, 0.15) is 16.3 Å². The number of esters is 1. The second kappa shape index (κ2) is 4.85. The number of hydrogen-bond acceptors (Lipinski definition) is 5. The van der Waals surface area contributed by atoms with E-state index in [1.807, 2.05) is 16.8 Å². The van der Waals surface area contributed by atoms with E-state index in [1.54, 1.807) is 23.5 Å². The number of anilines is 1. The third-order valence-corrected chi connectivity index (χ3v) is 2.72. The van der Waals surface area contributed by atoms with E-state index in [4.69, 9.17) is 4.42 Å². The van der Waals surface area contributed by atoms with Crippen molar-refractivity contribution in [3.63, 3.8) is 0 Å². The molecule has 0 unspecified atom stereocenters. The fourth-order valence-electron chi connectivity index (χ4n) is 1.24. The molecule has 0 spiro atoms. The smallest absolute Gasteiger partial charge is 0.373 e. The number of carbonyl (C=O) groups excluding carboxylic acids is 1. The molecule has 16 heavy (non-hydrogen) atoms. The number of methoxy groups -OCH3 is 1. The van der Waals surface area contributed by atoms with E-state index in [9.17, 15) is 4.79 Å². The van der Waals surface area contributed by atoms with E-state index in [-0.39, 0.29) is 5.76 Å². The van der Waals surface area contributed by atoms with E-state index in [0.717, 1.165) is 5.69 Å². The van der Waals surface area contributed by atoms with Crippen LogP contribution >= 0.6 is 11.3 Å². The van der Waals surface area contributed by atoms with Crippen molar-refractivity contribution >= 4 is 23.0 Å². The molecular weight excluding hydrogens is 226 g/mol. The molecule has 0 saturated heterocycles. The first-order valence-electron chi connectivity index (χ1n) is 4.72. The number of nitrogens with one attached hydrogen (secondary N) is 1. The standard InChI is InChI=1S/C11H11NO3S/c1-14-11(13)10-3-2-9(15-10)6-12-8-4-5-16-7-8/h2-5,7,12H,6H2,1H3. The minimum absolute atomic E-state index is 0.226. The summed E-state index contributed by atoms with van der Waals surface area (Å²) in [6.07, 6.45) is 0. The van der Waals surface area contributed by atoms with Crippen molar-refractivity contribution in [3.05, 3.63) is 40.5 Å². The molecule has 5 heteroatoms. The predicted octanol–water partition coefficient (Wildman–Crippen LogP) is 2.74. The Balaban J connectivity index is 1.95. The van der Waals surface area contributed by atoms with Crippen LogP contribution in [0.5, 0.6) is 0 Å². The van der Waals surface area contributed by atoms with Gasteiger partial charge >= 0.3 is 5.97 Å². The van der Waals surface area contributed by atoms with Gasteiger partial charge in [0.15, 0.2) is 0 Å². The third kappa shape index (κ3) is 2.43. The van der Waals surface area contributed by atoms with Gasteiger partial charge < -0.3 is 14.5 Å². The molecule has 84 valence electrons. The molecule has 0 radical (unpaired) electrons. The highest BCUT2D eigenvalue weighted by Gasteiger charge is 2.10. The lowest BCUT2D eigenvalue weighted by atomic mass is 10.4. The second-order valence-electron chi connectivity index (χ2n) is 3.12. The van der Waals surface area contributed by atoms with Crippen LogP contribution in [-0.4, -0.2) is 13.1 Å². The Morgan fingerprint density at radius 1 is 1.50 bits per heavy atom. The number of carbonyl (C=O) groups is 1. The number of rotatable bonds is 4. The monoisotopic (exact) mass is 237 g/mol. The number of furan rings is 1. The van der Waals surface area contributed by atoms with Crippen molar-refractivity contribution < 1.29 is 13.9 Å². The average Bonchev–Trinajstić information content (AvgIpc) is 2.96. The highest BCUT2D eigenvalue weighted by atomic mass is 32.1. The van der Waals surface area contributed by atoms with Gasteiger partial charge in [-0.2, -0.15) is 11.3 Å². The van der Waals surface area contributed by atoms with E-state index >= 15 is 0 Å². The first kappa shape index (κ1) is 10.8. The summed E-state index contributed by atoms with van der Waals surface area (Å²) in [5.74, 6) is 0.470. The van der Waals surface area contributed by atoms with Gasteiger partial charge in [-0.3, -0.25) is 0 Å². The summed E-state index contributed by atoms with van der Waals surface area (Å²) < 4.78 is 9.85. The summed E-state index contributed by atoms with van der Waals surface area (Å²) in [6, 6.07) is 5.34. The molecular formula is C11H11NO3S. The molecule has 0 aliphatic carbocycles. The van der Waals surface area contributed by atoms with Gasteiger partial charge in [-0.05, 0) is 23.6 Å². The van der Waals surface area contributed by atoms with Crippen LogP contribution in [0.15, 0.2) is 33.4 Å². The van der Waals surface area contributed by atoms with Crippen molar-refractivity contribution in [2.75, 3.05) is 12.4 Å². The molecule has 0 aliphatic rings. The molecule has 2 rings (SSSR count). The molecule has 0 atom stereocenters. The summed E-state index contributed by atoms with van der Waals surface area (Å²) >= 11 is 1.62. The van der Waals surface area contributed by atoms with Crippen molar-refractivity contribution in [2.45, 2.75) is 6.54 Å². The maximum Gasteiger partial charge on any atom is 0.373 e. The van der Waals surface area contributed by atoms with Gasteiger partial charge in [-0.15, -0.1) is 0 Å². The van der Waals surface area contributed by atoms with Gasteiger partial charge in [0.1, 0.15) is 5.76 Å². The maximum atomic E-state index is 11.1. The molecule has 0 aromatic carbocycles. The number of thiophene rings is 1. The van der Waals surface area contributed by atoms with Crippen molar-refractivity contribution in [1.29, 1.82) is 0 Å². The van der Waals surface area contributed by atoms with Crippen molar-refractivity contribution in [3.8, 4) is 0 Å². The first-order chi connectivity index (χ1) is 7.79. The Hall–Kier alpha value is -1.75. The summed E-state index contributed by atoms with van der Waals surface area (Å²) in [5, 5.41) is 7.17. The van der Waals surface area contributed by atoms with Crippen LogP contribution in [-0.2, 0) is 11.3 Å². The Morgan fingerprint density at radius 2 is 2.38 bits per heavy atom. The van der Waals surface area contributed by atoms with Crippen LogP contribution in [0.4, 0.5) is 5.69 Å². The molecule has 2 aromatic rings. The van der Waals surface area contributed by atoms with Crippen LogP contribution in [0.3, 0.4) is 0 Å². The normalized spacial score (nSPS) is 10.1. The molecule has 0 aliphatic heterocycles. The summed E-state index contributed by atoms with van der Waals surface area (Å²) in [5.41, 5.74) is 1.04. The zero-order valence-corrected chi connectivity index (χ0v) is 9.54. The summed E-state index contributed by atoms with van der Waals surface area (Å²) in [4.78, 5) is 11.1. The molecule has 4 nitrogen and oxygen atoms in total. The van der Waals surface area contributed by atoms with Gasteiger partial charge in [0.25, 0.3) is 0 Å². The van der Waals surface area contributed by atoms with Gasteiger partial charge in [0.05, 0.1) is 13.7 Å². The lowest BCUT2D eigenvalue weighted by Crippen LogP contribution is -1.99. The highest BCUT2D eigenvalue weighted by Crippen LogP contribution is 2.15. The minimum Gasteiger partial charge on any atom is -0.463 e. The quantitative estimate of drug-likeness (QED) is 0.831. The van der Waals surface area contributed by atoms with Crippen molar-refractivity contribution in [2.24, 2.45) is 0 Å². The molecule has 0 fully saturated rings. The van der Waals surface area contributed by atoms with Crippen LogP contribution in [0, 0.1) is 0 Å². The fourth-order valence-corrected chi connectivity index (χ4v) is 1.85. The predicted molar refractivity (Wildman–Crippen MR) is 61.7 cm³/mol. The lowest BCUT2D eigenvalue weighted by Gasteiger charge is -2.00. The van der Waals surface area contributed by atoms with E-state index in [0.29, 0.717) is 12.3 Å². The second-order valence-corrected chi connectivity index (χ2v) is 3.90. The number of ether oxygens (including phenoxy) is 1. The zero-order chi connectivity index (χ0) is 11.4. The third-order valence-electron chi connectivity index (χ3n) is 2.04. The van der Waals surface area contributed by atoms with E-state index in [1.165, 1.54) is 7.11 Å². The number of hydrogen-bond donors (Lipinski definition) is 1. The van der Waals surface area contributed by atoms with Gasteiger partial charge in [0, 0.05) is 11.1 Å². The van der Waals surface area contributed by atoms with Gasteiger partial charge in [-0.1, -0.05) is 0 Å². The van der Waals surface area contributed by atoms with Crippen LogP contribution < -0.4 is 5.32 Å². The topological polar surface area (TPSA) is 51.5 Å². The molecule has 2 aromatic heterocycles. The molecule has 0 amide bonds. The Kier molecular flexibility index (Phi) is 3.26. The maximum absolute atomic E-state index is 11.1. The first-order valence-corrected chi connectivity index (χ1v) is 5.67. The summed E-state index contributed by atoms with van der Waals surface area (Å²) in [6.45, 7) is 0.549. The largest absolute Gasteiger partial charge is 0.463 e. The Labute approximate surface area is 96.8 Å². The zero-order valence-electron chi connectivity index (χ0n) is 8.73. The molecule has 0 saturated carbocycles. The van der Waals surface area contributed by atoms with Crippen molar-refractivity contribution in [1.82, 2.24) is 0 Å². The minimum atomic E-state index is -0.457. The SMILES string of the molecule is COC(=O)c1ccc(CNc2ccsc2)o1. The fraction of sp³-hybridized carbons (Fsp3) is 0.182. The van der Waals surface area contributed by atoms with Crippen LogP contribution in [0.25, 0.3) is 0 Å². The summed E-state index contributed by atoms with van der Waals surface area (Å²) in [7, 11) is 1.33. The molecule has 2 heterocycles.